The van der Waals surface area contributed by atoms with Crippen LogP contribution in [-0.2, 0) is 6.42 Å². The summed E-state index contributed by atoms with van der Waals surface area (Å²) in [5, 5.41) is 0. The summed E-state index contributed by atoms with van der Waals surface area (Å²) in [6.07, 6.45) is 7.68. The molecular formula is C17H27NO. The van der Waals surface area contributed by atoms with Crippen LogP contribution >= 0.6 is 0 Å². The number of hydrogen-bond donors (Lipinski definition) is 1. The van der Waals surface area contributed by atoms with Gasteiger partial charge in [-0.05, 0) is 56.7 Å². The van der Waals surface area contributed by atoms with Crippen molar-refractivity contribution in [1.82, 2.24) is 0 Å². The second-order valence-electron chi connectivity index (χ2n) is 5.83. The van der Waals surface area contributed by atoms with Crippen molar-refractivity contribution >= 4 is 0 Å². The van der Waals surface area contributed by atoms with Gasteiger partial charge in [0, 0.05) is 0 Å². The van der Waals surface area contributed by atoms with Crippen LogP contribution in [0.1, 0.15) is 50.2 Å². The summed E-state index contributed by atoms with van der Waals surface area (Å²) in [6.45, 7) is 5.10. The van der Waals surface area contributed by atoms with E-state index in [1.165, 1.54) is 43.2 Å². The Bertz CT molecular complexity index is 402. The normalized spacial score (nSPS) is 23.3. The minimum absolute atomic E-state index is 0.401. The number of nitrogens with two attached hydrogens (primary N) is 1. The van der Waals surface area contributed by atoms with Gasteiger partial charge >= 0.3 is 0 Å². The maximum Gasteiger partial charge on any atom is 0.122 e. The second kappa shape index (κ2) is 6.95. The lowest BCUT2D eigenvalue weighted by molar-refractivity contribution is 0.121. The minimum Gasteiger partial charge on any atom is -0.490 e. The average Bonchev–Trinajstić information content (AvgIpc) is 2.42. The van der Waals surface area contributed by atoms with Crippen LogP contribution in [0.2, 0.25) is 0 Å². The third-order valence-electron chi connectivity index (χ3n) is 4.24. The lowest BCUT2D eigenvalue weighted by atomic mass is 9.85. The van der Waals surface area contributed by atoms with Gasteiger partial charge < -0.3 is 10.5 Å². The van der Waals surface area contributed by atoms with Crippen LogP contribution in [-0.4, -0.2) is 12.6 Å². The summed E-state index contributed by atoms with van der Waals surface area (Å²) >= 11 is 0. The quantitative estimate of drug-likeness (QED) is 0.874. The van der Waals surface area contributed by atoms with Crippen molar-refractivity contribution in [2.24, 2.45) is 11.7 Å². The molecule has 0 aromatic heterocycles. The molecule has 19 heavy (non-hydrogen) atoms. The zero-order valence-electron chi connectivity index (χ0n) is 12.3. The summed E-state index contributed by atoms with van der Waals surface area (Å²) in [5.41, 5.74) is 8.25. The molecule has 2 unspecified atom stereocenters. The molecule has 1 fully saturated rings. The predicted octanol–water partition coefficient (Wildman–Crippen LogP) is 3.84. The van der Waals surface area contributed by atoms with Gasteiger partial charge in [0.05, 0.1) is 6.10 Å². The fraction of sp³-hybridized carbons (Fsp3) is 0.647. The first kappa shape index (κ1) is 14.4. The van der Waals surface area contributed by atoms with Gasteiger partial charge in [-0.15, -0.1) is 0 Å². The van der Waals surface area contributed by atoms with Gasteiger partial charge in [-0.25, -0.2) is 0 Å². The number of ether oxygens (including phenoxy) is 1. The molecule has 0 amide bonds. The van der Waals surface area contributed by atoms with Crippen molar-refractivity contribution < 1.29 is 4.74 Å². The van der Waals surface area contributed by atoms with Gasteiger partial charge in [0.1, 0.15) is 5.75 Å². The molecule has 0 aliphatic heterocycles. The monoisotopic (exact) mass is 261 g/mol. The Morgan fingerprint density at radius 2 is 2.16 bits per heavy atom. The van der Waals surface area contributed by atoms with Crippen LogP contribution in [0, 0.1) is 12.8 Å². The van der Waals surface area contributed by atoms with Crippen LogP contribution in [0.5, 0.6) is 5.75 Å². The molecule has 1 aromatic carbocycles. The van der Waals surface area contributed by atoms with Gasteiger partial charge in [0.2, 0.25) is 0 Å². The third kappa shape index (κ3) is 3.97. The largest absolute Gasteiger partial charge is 0.490 e. The zero-order chi connectivity index (χ0) is 13.7. The van der Waals surface area contributed by atoms with Crippen LogP contribution in [0.15, 0.2) is 18.2 Å². The Morgan fingerprint density at radius 3 is 2.89 bits per heavy atom. The van der Waals surface area contributed by atoms with Crippen LogP contribution in [0.4, 0.5) is 0 Å². The molecule has 0 bridgehead atoms. The molecule has 1 aromatic rings. The molecule has 1 aliphatic carbocycles. The van der Waals surface area contributed by atoms with Crippen molar-refractivity contribution in [1.29, 1.82) is 0 Å². The second-order valence-corrected chi connectivity index (χ2v) is 5.83. The Labute approximate surface area is 117 Å². The van der Waals surface area contributed by atoms with Crippen molar-refractivity contribution in [2.45, 2.75) is 58.5 Å². The van der Waals surface area contributed by atoms with E-state index in [1.54, 1.807) is 0 Å². The Kier molecular flexibility index (Phi) is 5.26. The Hall–Kier alpha value is -1.02. The number of rotatable bonds is 5. The average molecular weight is 261 g/mol. The van der Waals surface area contributed by atoms with Crippen LogP contribution < -0.4 is 10.5 Å². The molecule has 1 saturated carbocycles. The van der Waals surface area contributed by atoms with Crippen molar-refractivity contribution in [2.75, 3.05) is 6.54 Å². The van der Waals surface area contributed by atoms with E-state index in [4.69, 9.17) is 10.5 Å². The first-order valence-corrected chi connectivity index (χ1v) is 7.69. The Morgan fingerprint density at radius 1 is 1.32 bits per heavy atom. The standard InChI is InChI=1S/C17H27NO/c1-3-14-5-4-6-16(12-14)19-17-8-7-13(2)11-15(17)9-10-18/h7-8,11,14,16H,3-6,9-10,12,18H2,1-2H3. The molecular weight excluding hydrogens is 234 g/mol. The lowest BCUT2D eigenvalue weighted by Crippen LogP contribution is -2.25. The highest BCUT2D eigenvalue weighted by Gasteiger charge is 2.22. The van der Waals surface area contributed by atoms with E-state index in [0.29, 0.717) is 12.6 Å². The summed E-state index contributed by atoms with van der Waals surface area (Å²) in [5.74, 6) is 1.90. The molecule has 0 saturated heterocycles. The van der Waals surface area contributed by atoms with E-state index in [1.807, 2.05) is 0 Å². The molecule has 2 heteroatoms. The van der Waals surface area contributed by atoms with E-state index in [-0.39, 0.29) is 0 Å². The summed E-state index contributed by atoms with van der Waals surface area (Å²) < 4.78 is 6.27. The molecule has 0 spiro atoms. The van der Waals surface area contributed by atoms with Gasteiger partial charge in [-0.2, -0.15) is 0 Å². The van der Waals surface area contributed by atoms with Crippen LogP contribution in [0.25, 0.3) is 0 Å². The van der Waals surface area contributed by atoms with E-state index in [2.05, 4.69) is 32.0 Å². The van der Waals surface area contributed by atoms with E-state index < -0.39 is 0 Å². The highest BCUT2D eigenvalue weighted by atomic mass is 16.5. The SMILES string of the molecule is CCC1CCCC(Oc2ccc(C)cc2CCN)C1. The highest BCUT2D eigenvalue weighted by Crippen LogP contribution is 2.31. The predicted molar refractivity (Wildman–Crippen MR) is 80.6 cm³/mol. The molecule has 106 valence electrons. The molecule has 2 nitrogen and oxygen atoms in total. The number of benzene rings is 1. The summed E-state index contributed by atoms with van der Waals surface area (Å²) in [6, 6.07) is 6.47. The number of aryl methyl sites for hydroxylation is 1. The third-order valence-corrected chi connectivity index (χ3v) is 4.24. The van der Waals surface area contributed by atoms with Crippen molar-refractivity contribution in [3.63, 3.8) is 0 Å². The zero-order valence-corrected chi connectivity index (χ0v) is 12.3. The highest BCUT2D eigenvalue weighted by molar-refractivity contribution is 5.37. The molecule has 1 aliphatic rings. The summed E-state index contributed by atoms with van der Waals surface area (Å²) in [7, 11) is 0. The van der Waals surface area contributed by atoms with Crippen molar-refractivity contribution in [3.8, 4) is 5.75 Å². The van der Waals surface area contributed by atoms with Crippen molar-refractivity contribution in [3.05, 3.63) is 29.3 Å². The van der Waals surface area contributed by atoms with Gasteiger partial charge in [0.25, 0.3) is 0 Å². The molecule has 2 atom stereocenters. The molecule has 0 heterocycles. The van der Waals surface area contributed by atoms with E-state index >= 15 is 0 Å². The maximum absolute atomic E-state index is 6.27. The topological polar surface area (TPSA) is 35.2 Å². The first-order valence-electron chi connectivity index (χ1n) is 7.69. The van der Waals surface area contributed by atoms with Gasteiger partial charge in [-0.3, -0.25) is 0 Å². The fourth-order valence-electron chi connectivity index (χ4n) is 3.07. The summed E-state index contributed by atoms with van der Waals surface area (Å²) in [4.78, 5) is 0. The van der Waals surface area contributed by atoms with Gasteiger partial charge in [-0.1, -0.05) is 37.5 Å². The van der Waals surface area contributed by atoms with Gasteiger partial charge in [0.15, 0.2) is 0 Å². The van der Waals surface area contributed by atoms with Crippen LogP contribution in [0.3, 0.4) is 0 Å². The first-order chi connectivity index (χ1) is 9.22. The minimum atomic E-state index is 0.401. The maximum atomic E-state index is 6.27. The fourth-order valence-corrected chi connectivity index (χ4v) is 3.07. The lowest BCUT2D eigenvalue weighted by Gasteiger charge is -2.29. The molecule has 2 N–H and O–H groups in total. The molecule has 0 radical (unpaired) electrons. The smallest absolute Gasteiger partial charge is 0.122 e. The molecule has 2 rings (SSSR count). The van der Waals surface area contributed by atoms with E-state index in [0.717, 1.165) is 18.1 Å². The van der Waals surface area contributed by atoms with E-state index in [9.17, 15) is 0 Å². The Balaban J connectivity index is 2.05. The number of hydrogen-bond acceptors (Lipinski definition) is 2.